The molecule has 0 unspecified atom stereocenters. The van der Waals surface area contributed by atoms with Gasteiger partial charge in [0.25, 0.3) is 0 Å². The highest BCUT2D eigenvalue weighted by atomic mass is 79.9. The van der Waals surface area contributed by atoms with E-state index in [1.54, 1.807) is 11.3 Å². The number of aldehydes is 1. The minimum atomic E-state index is 0.744. The van der Waals surface area contributed by atoms with Crippen LogP contribution in [-0.4, -0.2) is 10.9 Å². The van der Waals surface area contributed by atoms with Crippen molar-refractivity contribution >= 4 is 44.5 Å². The van der Waals surface area contributed by atoms with E-state index in [1.165, 1.54) is 4.88 Å². The molecule has 1 aromatic carbocycles. The van der Waals surface area contributed by atoms with Crippen molar-refractivity contribution in [2.75, 3.05) is 0 Å². The lowest BCUT2D eigenvalue weighted by atomic mass is 10.1. The predicted octanol–water partition coefficient (Wildman–Crippen LogP) is 4.33. The van der Waals surface area contributed by atoms with Gasteiger partial charge in [-0.2, -0.15) is 0 Å². The number of aromatic nitrogens is 1. The molecule has 2 heterocycles. The fourth-order valence-electron chi connectivity index (χ4n) is 2.12. The quantitative estimate of drug-likeness (QED) is 0.659. The van der Waals surface area contributed by atoms with E-state index in [1.807, 2.05) is 30.5 Å². The second kappa shape index (κ2) is 4.71. The summed E-state index contributed by atoms with van der Waals surface area (Å²) in [6, 6.07) is 9.96. The average Bonchev–Trinajstić information content (AvgIpc) is 2.97. The van der Waals surface area contributed by atoms with Crippen molar-refractivity contribution < 1.29 is 4.79 Å². The molecule has 0 saturated carbocycles. The zero-order valence-electron chi connectivity index (χ0n) is 9.47. The number of carbonyl (C=O) groups is 1. The van der Waals surface area contributed by atoms with Crippen molar-refractivity contribution in [3.8, 4) is 0 Å². The first-order valence-corrected chi connectivity index (χ1v) is 7.21. The maximum atomic E-state index is 11.1. The highest BCUT2D eigenvalue weighted by Gasteiger charge is 2.07. The topological polar surface area (TPSA) is 22.0 Å². The number of hydrogen-bond acceptors (Lipinski definition) is 2. The Morgan fingerprint density at radius 1 is 1.33 bits per heavy atom. The molecule has 4 heteroatoms. The summed E-state index contributed by atoms with van der Waals surface area (Å²) >= 11 is 5.17. The van der Waals surface area contributed by atoms with E-state index in [9.17, 15) is 4.79 Å². The summed E-state index contributed by atoms with van der Waals surface area (Å²) in [6.45, 7) is 0.796. The second-order valence-corrected chi connectivity index (χ2v) is 5.99. The van der Waals surface area contributed by atoms with E-state index in [0.717, 1.165) is 33.8 Å². The molecule has 2 nitrogen and oxygen atoms in total. The van der Waals surface area contributed by atoms with E-state index < -0.39 is 0 Å². The van der Waals surface area contributed by atoms with Crippen molar-refractivity contribution in [1.82, 2.24) is 4.57 Å². The van der Waals surface area contributed by atoms with Gasteiger partial charge in [-0.3, -0.25) is 4.79 Å². The minimum Gasteiger partial charge on any atom is -0.342 e. The number of carbonyl (C=O) groups excluding carboxylic acids is 1. The Morgan fingerprint density at radius 2 is 2.22 bits per heavy atom. The number of hydrogen-bond donors (Lipinski definition) is 0. The molecule has 0 amide bonds. The highest BCUT2D eigenvalue weighted by Crippen LogP contribution is 2.24. The van der Waals surface area contributed by atoms with Crippen molar-refractivity contribution in [3.05, 3.63) is 56.8 Å². The molecule has 0 aliphatic carbocycles. The van der Waals surface area contributed by atoms with Gasteiger partial charge in [0.1, 0.15) is 0 Å². The smallest absolute Gasteiger partial charge is 0.152 e. The number of halogens is 1. The van der Waals surface area contributed by atoms with Gasteiger partial charge in [-0.1, -0.05) is 12.1 Å². The summed E-state index contributed by atoms with van der Waals surface area (Å²) < 4.78 is 3.23. The number of benzene rings is 1. The highest BCUT2D eigenvalue weighted by molar-refractivity contribution is 9.10. The molecule has 2 aromatic heterocycles. The first kappa shape index (κ1) is 11.7. The van der Waals surface area contributed by atoms with Crippen LogP contribution in [0.15, 0.2) is 46.4 Å². The van der Waals surface area contributed by atoms with Gasteiger partial charge in [-0.25, -0.2) is 0 Å². The summed E-state index contributed by atoms with van der Waals surface area (Å²) in [5, 5.41) is 3.18. The normalized spacial score (nSPS) is 10.9. The number of rotatable bonds is 3. The molecular weight excluding hydrogens is 310 g/mol. The summed E-state index contributed by atoms with van der Waals surface area (Å²) in [5.41, 5.74) is 1.75. The van der Waals surface area contributed by atoms with Gasteiger partial charge < -0.3 is 4.57 Å². The number of fused-ring (bicyclic) bond motifs is 1. The maximum Gasteiger partial charge on any atom is 0.152 e. The van der Waals surface area contributed by atoms with Gasteiger partial charge in [-0.15, -0.1) is 11.3 Å². The Morgan fingerprint density at radius 3 is 2.94 bits per heavy atom. The SMILES string of the molecule is O=Cc1cccc2ccn(Cc3cc(Br)cs3)c12. The van der Waals surface area contributed by atoms with Gasteiger partial charge in [0.2, 0.25) is 0 Å². The van der Waals surface area contributed by atoms with Crippen LogP contribution in [0.3, 0.4) is 0 Å². The summed E-state index contributed by atoms with van der Waals surface area (Å²) in [7, 11) is 0. The molecule has 90 valence electrons. The van der Waals surface area contributed by atoms with Crippen LogP contribution in [0.4, 0.5) is 0 Å². The fraction of sp³-hybridized carbons (Fsp3) is 0.0714. The molecule has 0 bridgehead atoms. The van der Waals surface area contributed by atoms with Crippen molar-refractivity contribution in [2.24, 2.45) is 0 Å². The summed E-state index contributed by atoms with van der Waals surface area (Å²) in [6.07, 6.45) is 2.95. The molecule has 0 fully saturated rings. The molecule has 3 rings (SSSR count). The third kappa shape index (κ3) is 2.02. The molecule has 0 atom stereocenters. The van der Waals surface area contributed by atoms with E-state index >= 15 is 0 Å². The second-order valence-electron chi connectivity index (χ2n) is 4.08. The van der Waals surface area contributed by atoms with Crippen LogP contribution in [-0.2, 0) is 6.54 Å². The molecule has 3 aromatic rings. The Labute approximate surface area is 117 Å². The summed E-state index contributed by atoms with van der Waals surface area (Å²) in [5.74, 6) is 0. The third-order valence-corrected chi connectivity index (χ3v) is 4.58. The van der Waals surface area contributed by atoms with Crippen LogP contribution in [0.5, 0.6) is 0 Å². The van der Waals surface area contributed by atoms with Crippen molar-refractivity contribution in [1.29, 1.82) is 0 Å². The Balaban J connectivity index is 2.09. The monoisotopic (exact) mass is 319 g/mol. The number of nitrogens with zero attached hydrogens (tertiary/aromatic N) is 1. The van der Waals surface area contributed by atoms with Crippen LogP contribution in [0.2, 0.25) is 0 Å². The standard InChI is InChI=1S/C14H10BrNOS/c15-12-6-13(18-9-12)7-16-5-4-10-2-1-3-11(8-17)14(10)16/h1-6,8-9H,7H2. The lowest BCUT2D eigenvalue weighted by Gasteiger charge is -2.05. The van der Waals surface area contributed by atoms with Crippen LogP contribution < -0.4 is 0 Å². The van der Waals surface area contributed by atoms with E-state index in [-0.39, 0.29) is 0 Å². The molecule has 18 heavy (non-hydrogen) atoms. The molecular formula is C14H10BrNOS. The zero-order valence-corrected chi connectivity index (χ0v) is 11.9. The van der Waals surface area contributed by atoms with Crippen molar-refractivity contribution in [2.45, 2.75) is 6.54 Å². The predicted molar refractivity (Wildman–Crippen MR) is 78.4 cm³/mol. The van der Waals surface area contributed by atoms with E-state index in [2.05, 4.69) is 31.9 Å². The lowest BCUT2D eigenvalue weighted by molar-refractivity contribution is 0.112. The molecule has 0 N–H and O–H groups in total. The lowest BCUT2D eigenvalue weighted by Crippen LogP contribution is -1.98. The minimum absolute atomic E-state index is 0.744. The van der Waals surface area contributed by atoms with E-state index in [4.69, 9.17) is 0 Å². The number of para-hydroxylation sites is 1. The van der Waals surface area contributed by atoms with Crippen LogP contribution >= 0.6 is 27.3 Å². The third-order valence-electron chi connectivity index (χ3n) is 2.89. The Hall–Kier alpha value is -1.39. The summed E-state index contributed by atoms with van der Waals surface area (Å²) in [4.78, 5) is 12.4. The number of thiophene rings is 1. The molecule has 0 aliphatic rings. The molecule has 0 saturated heterocycles. The van der Waals surface area contributed by atoms with Crippen molar-refractivity contribution in [3.63, 3.8) is 0 Å². The van der Waals surface area contributed by atoms with E-state index in [0.29, 0.717) is 0 Å². The molecule has 0 aliphatic heterocycles. The van der Waals surface area contributed by atoms with Gasteiger partial charge >= 0.3 is 0 Å². The average molecular weight is 320 g/mol. The Kier molecular flexibility index (Phi) is 3.06. The zero-order chi connectivity index (χ0) is 12.5. The molecule has 0 radical (unpaired) electrons. The molecule has 0 spiro atoms. The fourth-order valence-corrected chi connectivity index (χ4v) is 3.57. The largest absolute Gasteiger partial charge is 0.342 e. The Bertz CT molecular complexity index is 713. The van der Waals surface area contributed by atoms with Gasteiger partial charge in [0, 0.05) is 31.9 Å². The van der Waals surface area contributed by atoms with Gasteiger partial charge in [0.05, 0.1) is 12.1 Å². The van der Waals surface area contributed by atoms with Gasteiger partial charge in [-0.05, 0) is 34.1 Å². The van der Waals surface area contributed by atoms with Crippen LogP contribution in [0.1, 0.15) is 15.2 Å². The van der Waals surface area contributed by atoms with Crippen LogP contribution in [0, 0.1) is 0 Å². The maximum absolute atomic E-state index is 11.1. The van der Waals surface area contributed by atoms with Crippen LogP contribution in [0.25, 0.3) is 10.9 Å². The first-order valence-electron chi connectivity index (χ1n) is 5.54. The first-order chi connectivity index (χ1) is 8.78. The van der Waals surface area contributed by atoms with Gasteiger partial charge in [0.15, 0.2) is 6.29 Å².